The summed E-state index contributed by atoms with van der Waals surface area (Å²) in [5.74, 6) is -2.84. The van der Waals surface area contributed by atoms with Gasteiger partial charge in [-0.25, -0.2) is 23.1 Å². The summed E-state index contributed by atoms with van der Waals surface area (Å²) in [4.78, 5) is 8.48. The Morgan fingerprint density at radius 3 is 2.25 bits per heavy atom. The minimum atomic E-state index is -1.49. The predicted octanol–water partition coefficient (Wildman–Crippen LogP) is 3.48. The molecule has 6 heteroatoms. The molecule has 0 amide bonds. The molecule has 0 radical (unpaired) electrons. The highest BCUT2D eigenvalue weighted by molar-refractivity contribution is 5.58. The molecule has 1 aliphatic carbocycles. The van der Waals surface area contributed by atoms with E-state index in [1.165, 1.54) is 0 Å². The van der Waals surface area contributed by atoms with Crippen molar-refractivity contribution in [1.29, 1.82) is 0 Å². The summed E-state index contributed by atoms with van der Waals surface area (Å²) in [6, 6.07) is 3.63. The minimum Gasteiger partial charge on any atom is -0.373 e. The number of hydrogen-bond donors (Lipinski definition) is 1. The van der Waals surface area contributed by atoms with E-state index >= 15 is 0 Å². The highest BCUT2D eigenvalue weighted by atomic mass is 19.2. The normalized spacial score (nSPS) is 14.4. The van der Waals surface area contributed by atoms with Crippen LogP contribution in [-0.4, -0.2) is 17.0 Å². The quantitative estimate of drug-likeness (QED) is 0.874. The van der Waals surface area contributed by atoms with E-state index in [0.717, 1.165) is 30.7 Å². The van der Waals surface area contributed by atoms with Crippen LogP contribution < -0.4 is 5.32 Å². The summed E-state index contributed by atoms with van der Waals surface area (Å²) >= 11 is 0. The third-order valence-corrected chi connectivity index (χ3v) is 3.24. The van der Waals surface area contributed by atoms with Crippen LogP contribution in [0.1, 0.15) is 24.5 Å². The van der Waals surface area contributed by atoms with E-state index in [2.05, 4.69) is 15.3 Å². The number of nitrogens with zero attached hydrogens (tertiary/aromatic N) is 2. The average molecular weight is 279 g/mol. The molecule has 0 aliphatic heterocycles. The van der Waals surface area contributed by atoms with Gasteiger partial charge in [0.1, 0.15) is 5.82 Å². The molecule has 2 aromatic rings. The molecule has 1 saturated carbocycles. The monoisotopic (exact) mass is 279 g/mol. The molecule has 1 aromatic heterocycles. The largest absolute Gasteiger partial charge is 0.373 e. The second-order valence-electron chi connectivity index (χ2n) is 4.78. The SMILES string of the molecule is CNc1cc(C2CC2)nc(-c2cc(F)c(F)c(F)c2)n1. The van der Waals surface area contributed by atoms with Crippen LogP contribution in [0.15, 0.2) is 18.2 Å². The van der Waals surface area contributed by atoms with Gasteiger partial charge in [-0.2, -0.15) is 0 Å². The summed E-state index contributed by atoms with van der Waals surface area (Å²) in [6.45, 7) is 0. The number of benzene rings is 1. The van der Waals surface area contributed by atoms with E-state index in [4.69, 9.17) is 0 Å². The maximum absolute atomic E-state index is 13.3. The maximum Gasteiger partial charge on any atom is 0.194 e. The van der Waals surface area contributed by atoms with E-state index in [1.54, 1.807) is 7.05 Å². The molecule has 1 aromatic carbocycles. The first-order chi connectivity index (χ1) is 9.58. The van der Waals surface area contributed by atoms with E-state index < -0.39 is 17.5 Å². The molecule has 104 valence electrons. The van der Waals surface area contributed by atoms with Gasteiger partial charge >= 0.3 is 0 Å². The van der Waals surface area contributed by atoms with Gasteiger partial charge in [0.05, 0.1) is 0 Å². The lowest BCUT2D eigenvalue weighted by Crippen LogP contribution is -2.01. The molecule has 0 unspecified atom stereocenters. The molecule has 0 atom stereocenters. The van der Waals surface area contributed by atoms with Gasteiger partial charge in [0.15, 0.2) is 23.3 Å². The molecule has 1 fully saturated rings. The zero-order valence-corrected chi connectivity index (χ0v) is 10.8. The highest BCUT2D eigenvalue weighted by Crippen LogP contribution is 2.40. The zero-order chi connectivity index (χ0) is 14.3. The van der Waals surface area contributed by atoms with Crippen molar-refractivity contribution in [2.75, 3.05) is 12.4 Å². The average Bonchev–Trinajstić information content (AvgIpc) is 3.28. The van der Waals surface area contributed by atoms with Crippen molar-refractivity contribution in [1.82, 2.24) is 9.97 Å². The van der Waals surface area contributed by atoms with E-state index in [9.17, 15) is 13.2 Å². The van der Waals surface area contributed by atoms with Crippen LogP contribution in [0.2, 0.25) is 0 Å². The Morgan fingerprint density at radius 2 is 1.70 bits per heavy atom. The molecule has 20 heavy (non-hydrogen) atoms. The second kappa shape index (κ2) is 4.77. The first-order valence-electron chi connectivity index (χ1n) is 6.30. The van der Waals surface area contributed by atoms with Crippen LogP contribution >= 0.6 is 0 Å². The summed E-state index contributed by atoms with van der Waals surface area (Å²) in [6.07, 6.45) is 2.09. The maximum atomic E-state index is 13.3. The first-order valence-corrected chi connectivity index (χ1v) is 6.30. The molecule has 1 heterocycles. The second-order valence-corrected chi connectivity index (χ2v) is 4.78. The molecule has 0 spiro atoms. The van der Waals surface area contributed by atoms with Crippen LogP contribution in [-0.2, 0) is 0 Å². The third-order valence-electron chi connectivity index (χ3n) is 3.24. The molecule has 3 rings (SSSR count). The fourth-order valence-electron chi connectivity index (χ4n) is 2.00. The Hall–Kier alpha value is -2.11. The van der Waals surface area contributed by atoms with Crippen molar-refractivity contribution < 1.29 is 13.2 Å². The Kier molecular flexibility index (Phi) is 3.08. The number of halogens is 3. The third kappa shape index (κ3) is 2.33. The summed E-state index contributed by atoms with van der Waals surface area (Å²) in [5, 5.41) is 2.89. The van der Waals surface area contributed by atoms with Gasteiger partial charge in [0.25, 0.3) is 0 Å². The smallest absolute Gasteiger partial charge is 0.194 e. The molecular weight excluding hydrogens is 267 g/mol. The summed E-state index contributed by atoms with van der Waals surface area (Å²) in [5.41, 5.74) is 0.963. The molecule has 1 N–H and O–H groups in total. The molecule has 3 nitrogen and oxygen atoms in total. The standard InChI is InChI=1S/C14H12F3N3/c1-18-12-6-11(7-2-3-7)19-14(20-12)8-4-9(15)13(17)10(16)5-8/h4-7H,2-3H2,1H3,(H,18,19,20). The van der Waals surface area contributed by atoms with Crippen LogP contribution in [0.25, 0.3) is 11.4 Å². The van der Waals surface area contributed by atoms with Gasteiger partial charge in [-0.05, 0) is 25.0 Å². The lowest BCUT2D eigenvalue weighted by Gasteiger charge is -2.08. The van der Waals surface area contributed by atoms with Gasteiger partial charge in [-0.3, -0.25) is 0 Å². The van der Waals surface area contributed by atoms with Gasteiger partial charge in [0, 0.05) is 30.3 Å². The van der Waals surface area contributed by atoms with Crippen LogP contribution in [0.5, 0.6) is 0 Å². The number of anilines is 1. The lowest BCUT2D eigenvalue weighted by atomic mass is 10.1. The lowest BCUT2D eigenvalue weighted by molar-refractivity contribution is 0.447. The Bertz CT molecular complexity index is 646. The van der Waals surface area contributed by atoms with Gasteiger partial charge in [-0.15, -0.1) is 0 Å². The first kappa shape index (κ1) is 12.9. The number of aromatic nitrogens is 2. The number of rotatable bonds is 3. The fourth-order valence-corrected chi connectivity index (χ4v) is 2.00. The van der Waals surface area contributed by atoms with Gasteiger partial charge in [-0.1, -0.05) is 0 Å². The molecule has 0 saturated heterocycles. The summed E-state index contributed by atoms with van der Waals surface area (Å²) < 4.78 is 39.6. The van der Waals surface area contributed by atoms with Gasteiger partial charge in [0.2, 0.25) is 0 Å². The number of nitrogens with one attached hydrogen (secondary N) is 1. The van der Waals surface area contributed by atoms with Crippen LogP contribution in [0.3, 0.4) is 0 Å². The van der Waals surface area contributed by atoms with Crippen molar-refractivity contribution in [3.05, 3.63) is 41.3 Å². The van der Waals surface area contributed by atoms with E-state index in [-0.39, 0.29) is 11.4 Å². The Labute approximate surface area is 113 Å². The zero-order valence-electron chi connectivity index (χ0n) is 10.8. The minimum absolute atomic E-state index is 0.125. The highest BCUT2D eigenvalue weighted by Gasteiger charge is 2.26. The predicted molar refractivity (Wildman–Crippen MR) is 68.9 cm³/mol. The summed E-state index contributed by atoms with van der Waals surface area (Å²) in [7, 11) is 1.70. The Morgan fingerprint density at radius 1 is 1.05 bits per heavy atom. The fraction of sp³-hybridized carbons (Fsp3) is 0.286. The van der Waals surface area contributed by atoms with E-state index in [1.807, 2.05) is 6.07 Å². The van der Waals surface area contributed by atoms with Crippen molar-refractivity contribution in [3.8, 4) is 11.4 Å². The molecular formula is C14H12F3N3. The van der Waals surface area contributed by atoms with Crippen molar-refractivity contribution >= 4 is 5.82 Å². The topological polar surface area (TPSA) is 37.8 Å². The number of hydrogen-bond acceptors (Lipinski definition) is 3. The molecule has 0 bridgehead atoms. The van der Waals surface area contributed by atoms with Crippen molar-refractivity contribution in [2.24, 2.45) is 0 Å². The van der Waals surface area contributed by atoms with E-state index in [0.29, 0.717) is 11.7 Å². The van der Waals surface area contributed by atoms with Crippen LogP contribution in [0.4, 0.5) is 19.0 Å². The Balaban J connectivity index is 2.11. The molecule has 1 aliphatic rings. The van der Waals surface area contributed by atoms with Gasteiger partial charge < -0.3 is 5.32 Å². The van der Waals surface area contributed by atoms with Crippen molar-refractivity contribution in [3.63, 3.8) is 0 Å². The van der Waals surface area contributed by atoms with Crippen LogP contribution in [0, 0.1) is 17.5 Å². The van der Waals surface area contributed by atoms with Crippen molar-refractivity contribution in [2.45, 2.75) is 18.8 Å².